The number of likely N-dealkylation sites (N-methyl/N-ethyl adjacent to an activating group) is 1. The number of carbonyl (C=O) groups is 2. The summed E-state index contributed by atoms with van der Waals surface area (Å²) in [6.07, 6.45) is 7.04. The van der Waals surface area contributed by atoms with Crippen molar-refractivity contribution in [3.63, 3.8) is 0 Å². The molecular formula is C30H43N7O3. The van der Waals surface area contributed by atoms with Gasteiger partial charge in [0.25, 0.3) is 11.8 Å². The van der Waals surface area contributed by atoms with E-state index in [2.05, 4.69) is 46.3 Å². The number of nitrogens with zero attached hydrogens (tertiary/aromatic N) is 5. The van der Waals surface area contributed by atoms with Crippen molar-refractivity contribution in [2.75, 3.05) is 42.9 Å². The molecule has 5 rings (SSSR count). The van der Waals surface area contributed by atoms with Crippen LogP contribution in [0.5, 0.6) is 5.75 Å². The Morgan fingerprint density at radius 1 is 1.18 bits per heavy atom. The second kappa shape index (κ2) is 10.9. The Kier molecular flexibility index (Phi) is 7.65. The predicted octanol–water partition coefficient (Wildman–Crippen LogP) is 4.19. The topological polar surface area (TPSA) is 103 Å². The summed E-state index contributed by atoms with van der Waals surface area (Å²) in [5.74, 6) is 2.05. The van der Waals surface area contributed by atoms with Crippen molar-refractivity contribution in [3.05, 3.63) is 30.0 Å². The molecule has 3 aliphatic heterocycles. The van der Waals surface area contributed by atoms with Crippen LogP contribution in [0.1, 0.15) is 70.2 Å². The number of aromatic nitrogens is 2. The lowest BCUT2D eigenvalue weighted by Gasteiger charge is -2.46. The van der Waals surface area contributed by atoms with Gasteiger partial charge in [-0.05, 0) is 77.1 Å². The Labute approximate surface area is 237 Å². The predicted molar refractivity (Wildman–Crippen MR) is 158 cm³/mol. The second-order valence-electron chi connectivity index (χ2n) is 12.4. The average Bonchev–Trinajstić information content (AvgIpc) is 3.11. The van der Waals surface area contributed by atoms with Crippen molar-refractivity contribution in [1.29, 1.82) is 0 Å². The van der Waals surface area contributed by atoms with Gasteiger partial charge in [0, 0.05) is 37.3 Å². The van der Waals surface area contributed by atoms with Crippen LogP contribution in [-0.4, -0.2) is 78.1 Å². The van der Waals surface area contributed by atoms with Gasteiger partial charge in [-0.25, -0.2) is 4.98 Å². The van der Waals surface area contributed by atoms with Crippen molar-refractivity contribution in [1.82, 2.24) is 20.2 Å². The van der Waals surface area contributed by atoms with Gasteiger partial charge in [0.1, 0.15) is 17.0 Å². The number of hydrogen-bond donors (Lipinski definition) is 2. The monoisotopic (exact) mass is 549 g/mol. The first kappa shape index (κ1) is 28.1. The summed E-state index contributed by atoms with van der Waals surface area (Å²) in [5.41, 5.74) is 1.16. The molecule has 2 atom stereocenters. The maximum atomic E-state index is 13.1. The van der Waals surface area contributed by atoms with Crippen molar-refractivity contribution in [2.24, 2.45) is 5.92 Å². The Hall–Kier alpha value is -3.40. The Morgan fingerprint density at radius 3 is 2.52 bits per heavy atom. The quantitative estimate of drug-likeness (QED) is 0.505. The lowest BCUT2D eigenvalue weighted by Crippen LogP contribution is -2.60. The van der Waals surface area contributed by atoms with Crippen molar-refractivity contribution in [2.45, 2.75) is 83.5 Å². The fraction of sp³-hybridized carbons (Fsp3) is 0.600. The summed E-state index contributed by atoms with van der Waals surface area (Å²) in [7, 11) is 5.55. The molecule has 0 saturated carbocycles. The van der Waals surface area contributed by atoms with Gasteiger partial charge in [0.15, 0.2) is 5.82 Å². The first-order chi connectivity index (χ1) is 19.0. The highest BCUT2D eigenvalue weighted by Gasteiger charge is 2.44. The van der Waals surface area contributed by atoms with E-state index in [-0.39, 0.29) is 17.9 Å². The molecule has 2 bridgehead atoms. The number of methoxy groups -OCH3 is 1. The number of amides is 2. The van der Waals surface area contributed by atoms with Gasteiger partial charge in [-0.3, -0.25) is 9.59 Å². The van der Waals surface area contributed by atoms with E-state index in [0.29, 0.717) is 59.0 Å². The number of anilines is 4. The minimum Gasteiger partial charge on any atom is -0.495 e. The Balaban J connectivity index is 1.35. The van der Waals surface area contributed by atoms with Crippen molar-refractivity contribution in [3.8, 4) is 5.75 Å². The van der Waals surface area contributed by atoms with Crippen LogP contribution in [0.25, 0.3) is 0 Å². The van der Waals surface area contributed by atoms with E-state index in [4.69, 9.17) is 9.72 Å². The van der Waals surface area contributed by atoms with Gasteiger partial charge in [-0.15, -0.1) is 0 Å². The molecule has 1 aromatic heterocycles. The molecule has 1 aromatic carbocycles. The van der Waals surface area contributed by atoms with Crippen LogP contribution < -0.4 is 25.2 Å². The third kappa shape index (κ3) is 5.21. The Bertz CT molecular complexity index is 1270. The highest BCUT2D eigenvalue weighted by molar-refractivity contribution is 6.06. The first-order valence-electron chi connectivity index (χ1n) is 14.4. The van der Waals surface area contributed by atoms with Gasteiger partial charge < -0.3 is 30.1 Å². The van der Waals surface area contributed by atoms with Crippen LogP contribution >= 0.6 is 0 Å². The zero-order valence-electron chi connectivity index (χ0n) is 24.8. The van der Waals surface area contributed by atoms with E-state index in [1.807, 2.05) is 19.9 Å². The fourth-order valence-electron chi connectivity index (χ4n) is 6.39. The van der Waals surface area contributed by atoms with Gasteiger partial charge in [-0.1, -0.05) is 13.8 Å². The molecule has 10 heteroatoms. The number of carbonyl (C=O) groups excluding carboxylic acids is 2. The molecule has 2 N–H and O–H groups in total. The molecule has 0 radical (unpaired) electrons. The van der Waals surface area contributed by atoms with Crippen LogP contribution in [0.15, 0.2) is 24.4 Å². The number of piperidine rings is 1. The van der Waals surface area contributed by atoms with Gasteiger partial charge >= 0.3 is 0 Å². The summed E-state index contributed by atoms with van der Waals surface area (Å²) in [5, 5.41) is 6.52. The van der Waals surface area contributed by atoms with Crippen LogP contribution in [0.3, 0.4) is 0 Å². The molecule has 2 aromatic rings. The van der Waals surface area contributed by atoms with Gasteiger partial charge in [-0.2, -0.15) is 4.98 Å². The number of fused-ring (bicyclic) bond motifs is 3. The largest absolute Gasteiger partial charge is 0.495 e. The molecule has 4 heterocycles. The van der Waals surface area contributed by atoms with Gasteiger partial charge in [0.2, 0.25) is 5.95 Å². The van der Waals surface area contributed by atoms with Crippen molar-refractivity contribution < 1.29 is 14.3 Å². The first-order valence-corrected chi connectivity index (χ1v) is 14.4. The van der Waals surface area contributed by atoms with Crippen LogP contribution in [0.4, 0.5) is 23.1 Å². The third-order valence-electron chi connectivity index (χ3n) is 8.94. The highest BCUT2D eigenvalue weighted by atomic mass is 16.5. The fourth-order valence-corrected chi connectivity index (χ4v) is 6.39. The molecular weight excluding hydrogens is 506 g/mol. The summed E-state index contributed by atoms with van der Waals surface area (Å²) in [6, 6.07) is 6.70. The number of ether oxygens (including phenoxy) is 1. The molecule has 2 saturated heterocycles. The summed E-state index contributed by atoms with van der Waals surface area (Å²) < 4.78 is 5.65. The molecule has 0 aliphatic carbocycles. The number of nitrogens with one attached hydrogen (secondary N) is 2. The van der Waals surface area contributed by atoms with E-state index < -0.39 is 5.54 Å². The average molecular weight is 550 g/mol. The minimum atomic E-state index is -0.734. The minimum absolute atomic E-state index is 0.0106. The molecule has 40 heavy (non-hydrogen) atoms. The zero-order chi connectivity index (χ0) is 28.8. The van der Waals surface area contributed by atoms with E-state index in [1.165, 1.54) is 12.8 Å². The van der Waals surface area contributed by atoms with E-state index in [0.717, 1.165) is 19.3 Å². The summed E-state index contributed by atoms with van der Waals surface area (Å²) in [6.45, 7) is 8.93. The van der Waals surface area contributed by atoms with Crippen LogP contribution in [0.2, 0.25) is 0 Å². The van der Waals surface area contributed by atoms with E-state index in [1.54, 1.807) is 37.4 Å². The normalized spacial score (nSPS) is 23.8. The molecule has 2 fully saturated rings. The maximum Gasteiger partial charge on any atom is 0.252 e. The lowest BCUT2D eigenvalue weighted by molar-refractivity contribution is -0.122. The summed E-state index contributed by atoms with van der Waals surface area (Å²) in [4.78, 5) is 41.8. The maximum absolute atomic E-state index is 13.1. The SMILES string of the molecule is COc1cc(C(=O)NC2CC3CCC(C2)N3C)ccc1Nc1ncc2c(n1)N(CCC(C)C)C(C)(C)C(=O)N2C. The number of hydrogen-bond acceptors (Lipinski definition) is 8. The van der Waals surface area contributed by atoms with Gasteiger partial charge in [0.05, 0.1) is 19.0 Å². The number of benzene rings is 1. The smallest absolute Gasteiger partial charge is 0.252 e. The molecule has 3 aliphatic rings. The van der Waals surface area contributed by atoms with E-state index in [9.17, 15) is 9.59 Å². The zero-order valence-corrected chi connectivity index (χ0v) is 24.8. The summed E-state index contributed by atoms with van der Waals surface area (Å²) >= 11 is 0. The number of rotatable bonds is 8. The van der Waals surface area contributed by atoms with Crippen LogP contribution in [0, 0.1) is 5.92 Å². The third-order valence-corrected chi connectivity index (χ3v) is 8.94. The highest BCUT2D eigenvalue weighted by Crippen LogP contribution is 2.40. The standard InChI is InChI=1S/C30H43N7O3/c1-18(2)12-13-37-26-24(36(6)28(39)30(37,3)4)17-31-29(34-26)33-23-11-8-19(14-25(23)40-7)27(38)32-20-15-21-9-10-22(16-20)35(21)5/h8,11,14,17-18,20-22H,9-10,12-13,15-16H2,1-7H3,(H,32,38)(H,31,33,34). The molecule has 0 spiro atoms. The Morgan fingerprint density at radius 2 is 1.88 bits per heavy atom. The molecule has 10 nitrogen and oxygen atoms in total. The van der Waals surface area contributed by atoms with Crippen molar-refractivity contribution >= 4 is 35.0 Å². The van der Waals surface area contributed by atoms with Crippen LogP contribution in [-0.2, 0) is 4.79 Å². The molecule has 2 amide bonds. The molecule has 216 valence electrons. The molecule has 2 unspecified atom stereocenters. The lowest BCUT2D eigenvalue weighted by atomic mass is 9.96. The second-order valence-corrected chi connectivity index (χ2v) is 12.4. The van der Waals surface area contributed by atoms with E-state index >= 15 is 0 Å².